The highest BCUT2D eigenvalue weighted by atomic mass is 16.5. The summed E-state index contributed by atoms with van der Waals surface area (Å²) < 4.78 is 6.01. The summed E-state index contributed by atoms with van der Waals surface area (Å²) in [6, 6.07) is 9.08. The molecule has 0 radical (unpaired) electrons. The zero-order valence-electron chi connectivity index (χ0n) is 13.2. The molecule has 1 aromatic carbocycles. The molecule has 1 aliphatic carbocycles. The molecule has 0 heterocycles. The van der Waals surface area contributed by atoms with Crippen LogP contribution in [0.2, 0.25) is 0 Å². The molecule has 116 valence electrons. The third-order valence-electron chi connectivity index (χ3n) is 3.78. The van der Waals surface area contributed by atoms with Crippen LogP contribution in [0.25, 0.3) is 0 Å². The average Bonchev–Trinajstić information content (AvgIpc) is 3.33. The number of ether oxygens (including phenoxy) is 1. The minimum absolute atomic E-state index is 0.745. The molecule has 0 aliphatic heterocycles. The van der Waals surface area contributed by atoms with E-state index in [-0.39, 0.29) is 0 Å². The minimum Gasteiger partial charge on any atom is -0.492 e. The molecular weight excluding hydrogens is 260 g/mol. The van der Waals surface area contributed by atoms with Crippen molar-refractivity contribution < 1.29 is 4.74 Å². The van der Waals surface area contributed by atoms with Gasteiger partial charge in [-0.05, 0) is 31.9 Å². The molecule has 21 heavy (non-hydrogen) atoms. The minimum atomic E-state index is 0.745. The third-order valence-corrected chi connectivity index (χ3v) is 3.78. The molecular formula is C18H28N2O. The monoisotopic (exact) mass is 288 g/mol. The van der Waals surface area contributed by atoms with E-state index in [4.69, 9.17) is 4.74 Å². The maximum Gasteiger partial charge on any atom is 0.123 e. The fraction of sp³-hybridized carbons (Fsp3) is 0.556. The van der Waals surface area contributed by atoms with Crippen LogP contribution in [0.1, 0.15) is 31.7 Å². The molecule has 0 saturated heterocycles. The summed E-state index contributed by atoms with van der Waals surface area (Å²) in [4.78, 5) is 2.46. The molecule has 3 heteroatoms. The molecule has 1 aliphatic rings. The molecule has 1 N–H and O–H groups in total. The lowest BCUT2D eigenvalue weighted by Gasteiger charge is -2.20. The van der Waals surface area contributed by atoms with Crippen molar-refractivity contribution in [3.8, 4) is 5.75 Å². The number of para-hydroxylation sites is 1. The van der Waals surface area contributed by atoms with Crippen molar-refractivity contribution >= 4 is 0 Å². The first-order chi connectivity index (χ1) is 10.3. The van der Waals surface area contributed by atoms with E-state index in [1.54, 1.807) is 0 Å². The number of benzene rings is 1. The van der Waals surface area contributed by atoms with Gasteiger partial charge in [0, 0.05) is 31.2 Å². The standard InChI is InChI=1S/C18H28N2O/c1-3-11-19-15-16-7-5-6-8-18(16)21-14-13-20(12-4-2)17-9-10-17/h4-8,17,19H,2-3,9-15H2,1H3. The van der Waals surface area contributed by atoms with Crippen LogP contribution in [0.15, 0.2) is 36.9 Å². The molecule has 1 aromatic rings. The van der Waals surface area contributed by atoms with Gasteiger partial charge in [0.25, 0.3) is 0 Å². The Kier molecular flexibility index (Phi) is 6.77. The Bertz CT molecular complexity index is 429. The Balaban J connectivity index is 1.80. The van der Waals surface area contributed by atoms with Gasteiger partial charge in [-0.15, -0.1) is 6.58 Å². The molecule has 2 rings (SSSR count). The topological polar surface area (TPSA) is 24.5 Å². The van der Waals surface area contributed by atoms with Gasteiger partial charge in [0.05, 0.1) is 0 Å². The quantitative estimate of drug-likeness (QED) is 0.500. The van der Waals surface area contributed by atoms with Crippen LogP contribution in [-0.4, -0.2) is 37.2 Å². The predicted molar refractivity (Wildman–Crippen MR) is 88.7 cm³/mol. The van der Waals surface area contributed by atoms with Crippen LogP contribution < -0.4 is 10.1 Å². The molecule has 0 bridgehead atoms. The van der Waals surface area contributed by atoms with Crippen LogP contribution >= 0.6 is 0 Å². The first-order valence-corrected chi connectivity index (χ1v) is 8.11. The zero-order chi connectivity index (χ0) is 14.9. The Morgan fingerprint density at radius 3 is 2.90 bits per heavy atom. The van der Waals surface area contributed by atoms with Crippen molar-refractivity contribution in [2.45, 2.75) is 38.8 Å². The van der Waals surface area contributed by atoms with Crippen molar-refractivity contribution in [2.75, 3.05) is 26.2 Å². The van der Waals surface area contributed by atoms with Crippen molar-refractivity contribution in [1.82, 2.24) is 10.2 Å². The van der Waals surface area contributed by atoms with Crippen molar-refractivity contribution in [1.29, 1.82) is 0 Å². The highest BCUT2D eigenvalue weighted by Crippen LogP contribution is 2.26. The molecule has 3 nitrogen and oxygen atoms in total. The van der Waals surface area contributed by atoms with Gasteiger partial charge in [0.1, 0.15) is 12.4 Å². The van der Waals surface area contributed by atoms with Crippen molar-refractivity contribution in [3.05, 3.63) is 42.5 Å². The summed E-state index contributed by atoms with van der Waals surface area (Å²) >= 11 is 0. The lowest BCUT2D eigenvalue weighted by Crippen LogP contribution is -2.30. The summed E-state index contributed by atoms with van der Waals surface area (Å²) in [5, 5.41) is 3.44. The number of hydrogen-bond donors (Lipinski definition) is 1. The van der Waals surface area contributed by atoms with Crippen LogP contribution in [0, 0.1) is 0 Å². The first kappa shape index (κ1) is 16.1. The van der Waals surface area contributed by atoms with Gasteiger partial charge in [0.15, 0.2) is 0 Å². The van der Waals surface area contributed by atoms with Crippen LogP contribution in [0.5, 0.6) is 5.75 Å². The summed E-state index contributed by atoms with van der Waals surface area (Å²) in [7, 11) is 0. The van der Waals surface area contributed by atoms with E-state index < -0.39 is 0 Å². The Morgan fingerprint density at radius 2 is 2.19 bits per heavy atom. The number of rotatable bonds is 11. The smallest absolute Gasteiger partial charge is 0.123 e. The Hall–Kier alpha value is -1.32. The van der Waals surface area contributed by atoms with Crippen molar-refractivity contribution in [3.63, 3.8) is 0 Å². The second-order valence-electron chi connectivity index (χ2n) is 5.65. The lowest BCUT2D eigenvalue weighted by molar-refractivity contribution is 0.215. The first-order valence-electron chi connectivity index (χ1n) is 8.11. The second-order valence-corrected chi connectivity index (χ2v) is 5.65. The molecule has 1 saturated carbocycles. The molecule has 0 atom stereocenters. The van der Waals surface area contributed by atoms with Gasteiger partial charge in [-0.1, -0.05) is 31.2 Å². The fourth-order valence-electron chi connectivity index (χ4n) is 2.49. The third kappa shape index (κ3) is 5.52. The van der Waals surface area contributed by atoms with E-state index in [1.807, 2.05) is 12.1 Å². The van der Waals surface area contributed by atoms with Crippen LogP contribution in [0.4, 0.5) is 0 Å². The number of hydrogen-bond acceptors (Lipinski definition) is 3. The molecule has 0 aromatic heterocycles. The van der Waals surface area contributed by atoms with E-state index in [2.05, 4.69) is 41.9 Å². The maximum absolute atomic E-state index is 6.01. The van der Waals surface area contributed by atoms with E-state index in [9.17, 15) is 0 Å². The van der Waals surface area contributed by atoms with Gasteiger partial charge in [0.2, 0.25) is 0 Å². The SMILES string of the molecule is C=CCN(CCOc1ccccc1CNCCC)C1CC1. The summed E-state index contributed by atoms with van der Waals surface area (Å²) in [5.41, 5.74) is 1.24. The summed E-state index contributed by atoms with van der Waals surface area (Å²) in [6.45, 7) is 10.6. The van der Waals surface area contributed by atoms with Gasteiger partial charge in [-0.3, -0.25) is 4.90 Å². The molecule has 0 unspecified atom stereocenters. The second kappa shape index (κ2) is 8.85. The van der Waals surface area contributed by atoms with E-state index in [0.29, 0.717) is 0 Å². The summed E-state index contributed by atoms with van der Waals surface area (Å²) in [5.74, 6) is 1.01. The summed E-state index contributed by atoms with van der Waals surface area (Å²) in [6.07, 6.45) is 5.79. The van der Waals surface area contributed by atoms with E-state index in [1.165, 1.54) is 18.4 Å². The average molecular weight is 288 g/mol. The Morgan fingerprint density at radius 1 is 1.38 bits per heavy atom. The fourth-order valence-corrected chi connectivity index (χ4v) is 2.49. The van der Waals surface area contributed by atoms with E-state index in [0.717, 1.165) is 51.0 Å². The Labute approximate surface area is 129 Å². The highest BCUT2D eigenvalue weighted by molar-refractivity contribution is 5.33. The zero-order valence-corrected chi connectivity index (χ0v) is 13.2. The van der Waals surface area contributed by atoms with Crippen molar-refractivity contribution in [2.24, 2.45) is 0 Å². The van der Waals surface area contributed by atoms with Gasteiger partial charge in [-0.25, -0.2) is 0 Å². The van der Waals surface area contributed by atoms with Gasteiger partial charge in [-0.2, -0.15) is 0 Å². The van der Waals surface area contributed by atoms with Gasteiger partial charge < -0.3 is 10.1 Å². The van der Waals surface area contributed by atoms with E-state index >= 15 is 0 Å². The normalized spacial score (nSPS) is 14.4. The lowest BCUT2D eigenvalue weighted by atomic mass is 10.2. The highest BCUT2D eigenvalue weighted by Gasteiger charge is 2.27. The predicted octanol–water partition coefficient (Wildman–Crippen LogP) is 3.22. The number of nitrogens with zero attached hydrogens (tertiary/aromatic N) is 1. The van der Waals surface area contributed by atoms with Gasteiger partial charge >= 0.3 is 0 Å². The number of nitrogens with one attached hydrogen (secondary N) is 1. The molecule has 1 fully saturated rings. The maximum atomic E-state index is 6.01. The largest absolute Gasteiger partial charge is 0.492 e. The van der Waals surface area contributed by atoms with Crippen LogP contribution in [-0.2, 0) is 6.54 Å². The molecule has 0 amide bonds. The molecule has 0 spiro atoms. The van der Waals surface area contributed by atoms with Crippen LogP contribution in [0.3, 0.4) is 0 Å².